The van der Waals surface area contributed by atoms with Crippen LogP contribution in [0.3, 0.4) is 0 Å². The number of ether oxygens (including phenoxy) is 1. The molecule has 0 aliphatic carbocycles. The van der Waals surface area contributed by atoms with Crippen molar-refractivity contribution in [2.24, 2.45) is 0 Å². The fourth-order valence-corrected chi connectivity index (χ4v) is 2.88. The summed E-state index contributed by atoms with van der Waals surface area (Å²) in [5, 5.41) is 3.97. The Labute approximate surface area is 140 Å². The largest absolute Gasteiger partial charge is 0.491 e. The van der Waals surface area contributed by atoms with Crippen LogP contribution in [0, 0.1) is 5.82 Å². The third-order valence-corrected chi connectivity index (χ3v) is 4.36. The summed E-state index contributed by atoms with van der Waals surface area (Å²) in [6.45, 7) is 2.31. The van der Waals surface area contributed by atoms with Crippen LogP contribution < -0.4 is 10.1 Å². The van der Waals surface area contributed by atoms with Gasteiger partial charge in [-0.25, -0.2) is 4.39 Å². The van der Waals surface area contributed by atoms with Crippen molar-refractivity contribution in [3.8, 4) is 5.75 Å². The molecule has 5 heteroatoms. The van der Waals surface area contributed by atoms with Crippen molar-refractivity contribution in [3.63, 3.8) is 0 Å². The molecule has 0 atom stereocenters. The van der Waals surface area contributed by atoms with Crippen LogP contribution in [0.25, 0.3) is 0 Å². The van der Waals surface area contributed by atoms with Gasteiger partial charge in [0.25, 0.3) is 0 Å². The molecule has 1 N–H and O–H groups in total. The molecule has 2 aromatic carbocycles. The number of rotatable bonds is 9. The summed E-state index contributed by atoms with van der Waals surface area (Å²) >= 11 is 7.74. The van der Waals surface area contributed by atoms with Gasteiger partial charge in [0.1, 0.15) is 18.2 Å². The Kier molecular flexibility index (Phi) is 7.57. The average Bonchev–Trinajstić information content (AvgIpc) is 2.53. The Morgan fingerprint density at radius 1 is 1.05 bits per heavy atom. The SMILES string of the molecule is Fc1ccc(SCCCNCCOc2ccccc2Cl)cc1. The van der Waals surface area contributed by atoms with Crippen LogP contribution >= 0.6 is 23.4 Å². The molecule has 0 radical (unpaired) electrons. The topological polar surface area (TPSA) is 21.3 Å². The molecule has 0 fully saturated rings. The van der Waals surface area contributed by atoms with Crippen LogP contribution in [-0.2, 0) is 0 Å². The van der Waals surface area contributed by atoms with Crippen LogP contribution in [0.1, 0.15) is 6.42 Å². The molecule has 0 amide bonds. The highest BCUT2D eigenvalue weighted by molar-refractivity contribution is 7.99. The number of hydrogen-bond acceptors (Lipinski definition) is 3. The van der Waals surface area contributed by atoms with Gasteiger partial charge >= 0.3 is 0 Å². The lowest BCUT2D eigenvalue weighted by Crippen LogP contribution is -2.22. The van der Waals surface area contributed by atoms with Crippen LogP contribution in [0.2, 0.25) is 5.02 Å². The molecule has 0 aromatic heterocycles. The minimum atomic E-state index is -0.190. The van der Waals surface area contributed by atoms with Gasteiger partial charge in [0.05, 0.1) is 5.02 Å². The maximum atomic E-state index is 12.8. The predicted octanol–water partition coefficient (Wildman–Crippen LogP) is 4.63. The summed E-state index contributed by atoms with van der Waals surface area (Å²) in [6.07, 6.45) is 1.05. The van der Waals surface area contributed by atoms with E-state index in [-0.39, 0.29) is 5.82 Å². The quantitative estimate of drug-likeness (QED) is 0.531. The Morgan fingerprint density at radius 3 is 2.59 bits per heavy atom. The van der Waals surface area contributed by atoms with Gasteiger partial charge in [-0.2, -0.15) is 0 Å². The van der Waals surface area contributed by atoms with Crippen molar-refractivity contribution >= 4 is 23.4 Å². The molecule has 2 aromatic rings. The van der Waals surface area contributed by atoms with Gasteiger partial charge in [-0.15, -0.1) is 11.8 Å². The summed E-state index contributed by atoms with van der Waals surface area (Å²) in [4.78, 5) is 1.10. The minimum Gasteiger partial charge on any atom is -0.491 e. The predicted molar refractivity (Wildman–Crippen MR) is 91.6 cm³/mol. The maximum Gasteiger partial charge on any atom is 0.137 e. The molecular weight excluding hydrogens is 321 g/mol. The van der Waals surface area contributed by atoms with Crippen LogP contribution in [0.5, 0.6) is 5.75 Å². The van der Waals surface area contributed by atoms with E-state index < -0.39 is 0 Å². The zero-order valence-electron chi connectivity index (χ0n) is 12.2. The molecule has 2 nitrogen and oxygen atoms in total. The van der Waals surface area contributed by atoms with Crippen molar-refractivity contribution < 1.29 is 9.13 Å². The highest BCUT2D eigenvalue weighted by Crippen LogP contribution is 2.22. The van der Waals surface area contributed by atoms with Crippen molar-refractivity contribution in [3.05, 3.63) is 59.4 Å². The molecule has 0 unspecified atom stereocenters. The Bertz CT molecular complexity index is 565. The first-order valence-corrected chi connectivity index (χ1v) is 8.58. The molecule has 0 aliphatic rings. The minimum absolute atomic E-state index is 0.190. The zero-order chi connectivity index (χ0) is 15.6. The molecule has 0 aliphatic heterocycles. The van der Waals surface area contributed by atoms with E-state index in [0.29, 0.717) is 11.6 Å². The van der Waals surface area contributed by atoms with Crippen molar-refractivity contribution in [1.82, 2.24) is 5.32 Å². The van der Waals surface area contributed by atoms with E-state index in [0.717, 1.165) is 35.9 Å². The summed E-state index contributed by atoms with van der Waals surface area (Å²) in [6, 6.07) is 14.1. The third kappa shape index (κ3) is 6.26. The second-order valence-corrected chi connectivity index (χ2v) is 6.26. The summed E-state index contributed by atoms with van der Waals surface area (Å²) < 4.78 is 18.3. The highest BCUT2D eigenvalue weighted by Gasteiger charge is 1.99. The Hall–Kier alpha value is -1.23. The smallest absolute Gasteiger partial charge is 0.137 e. The molecule has 2 rings (SSSR count). The van der Waals surface area contributed by atoms with Crippen molar-refractivity contribution in [1.29, 1.82) is 0 Å². The first kappa shape index (κ1) is 17.1. The van der Waals surface area contributed by atoms with Crippen molar-refractivity contribution in [2.75, 3.05) is 25.4 Å². The average molecular weight is 340 g/mol. The molecule has 0 saturated carbocycles. The molecule has 0 spiro atoms. The lowest BCUT2D eigenvalue weighted by Gasteiger charge is -2.08. The van der Waals surface area contributed by atoms with Gasteiger partial charge in [-0.1, -0.05) is 23.7 Å². The van der Waals surface area contributed by atoms with Gasteiger partial charge in [0.2, 0.25) is 0 Å². The summed E-state index contributed by atoms with van der Waals surface area (Å²) in [5.74, 6) is 1.53. The van der Waals surface area contributed by atoms with E-state index in [1.807, 2.05) is 36.4 Å². The van der Waals surface area contributed by atoms with E-state index >= 15 is 0 Å². The number of thioether (sulfide) groups is 1. The first-order valence-electron chi connectivity index (χ1n) is 7.22. The molecule has 22 heavy (non-hydrogen) atoms. The van der Waals surface area contributed by atoms with Crippen LogP contribution in [-0.4, -0.2) is 25.4 Å². The third-order valence-electron chi connectivity index (χ3n) is 2.95. The molecular formula is C17H19ClFNOS. The zero-order valence-corrected chi connectivity index (χ0v) is 13.8. The van der Waals surface area contributed by atoms with Crippen LogP contribution in [0.4, 0.5) is 4.39 Å². The number of halogens is 2. The standard InChI is InChI=1S/C17H19ClFNOS/c18-16-4-1-2-5-17(16)21-12-11-20-10-3-13-22-15-8-6-14(19)7-9-15/h1-2,4-9,20H,3,10-13H2. The Morgan fingerprint density at radius 2 is 1.82 bits per heavy atom. The molecule has 0 bridgehead atoms. The number of benzene rings is 2. The molecule has 0 heterocycles. The number of hydrogen-bond donors (Lipinski definition) is 1. The summed E-state index contributed by atoms with van der Waals surface area (Å²) in [7, 11) is 0. The second-order valence-electron chi connectivity index (χ2n) is 4.68. The van der Waals surface area contributed by atoms with Gasteiger partial charge in [-0.05, 0) is 55.1 Å². The van der Waals surface area contributed by atoms with Gasteiger partial charge in [0.15, 0.2) is 0 Å². The molecule has 0 saturated heterocycles. The number of nitrogens with one attached hydrogen (secondary N) is 1. The summed E-state index contributed by atoms with van der Waals surface area (Å²) in [5.41, 5.74) is 0. The lowest BCUT2D eigenvalue weighted by atomic mass is 10.3. The first-order chi connectivity index (χ1) is 10.8. The van der Waals surface area contributed by atoms with Crippen LogP contribution in [0.15, 0.2) is 53.4 Å². The van der Waals surface area contributed by atoms with Gasteiger partial charge in [-0.3, -0.25) is 0 Å². The fraction of sp³-hybridized carbons (Fsp3) is 0.294. The molecule has 118 valence electrons. The van der Waals surface area contributed by atoms with E-state index in [1.165, 1.54) is 12.1 Å². The normalized spacial score (nSPS) is 10.6. The maximum absolute atomic E-state index is 12.8. The fourth-order valence-electron chi connectivity index (χ4n) is 1.84. The van der Waals surface area contributed by atoms with E-state index in [2.05, 4.69) is 5.32 Å². The van der Waals surface area contributed by atoms with E-state index in [1.54, 1.807) is 11.8 Å². The second kappa shape index (κ2) is 9.72. The van der Waals surface area contributed by atoms with E-state index in [9.17, 15) is 4.39 Å². The van der Waals surface area contributed by atoms with Crippen molar-refractivity contribution in [2.45, 2.75) is 11.3 Å². The highest BCUT2D eigenvalue weighted by atomic mass is 35.5. The Balaban J connectivity index is 1.49. The van der Waals surface area contributed by atoms with Gasteiger partial charge < -0.3 is 10.1 Å². The van der Waals surface area contributed by atoms with E-state index in [4.69, 9.17) is 16.3 Å². The van der Waals surface area contributed by atoms with Gasteiger partial charge in [0, 0.05) is 11.4 Å². The number of para-hydroxylation sites is 1. The monoisotopic (exact) mass is 339 g/mol. The lowest BCUT2D eigenvalue weighted by molar-refractivity contribution is 0.314.